The Hall–Kier alpha value is -2.34. The summed E-state index contributed by atoms with van der Waals surface area (Å²) < 4.78 is 13.9. The summed E-state index contributed by atoms with van der Waals surface area (Å²) in [7, 11) is 4.79. The summed E-state index contributed by atoms with van der Waals surface area (Å²) in [6, 6.07) is 8.39. The Balaban J connectivity index is 1.57. The molecule has 0 bridgehead atoms. The SMILES string of the molecule is COc1ccc(CNc2nccc3c2c(I)nn3[C@@H]2CCC[C@@H](N[B]C=O)C2)c(OC)c1. The van der Waals surface area contributed by atoms with Crippen LogP contribution in [0.5, 0.6) is 11.5 Å². The van der Waals surface area contributed by atoms with Gasteiger partial charge in [-0.05, 0) is 72.5 Å². The second kappa shape index (κ2) is 10.5. The molecule has 1 fully saturated rings. The van der Waals surface area contributed by atoms with Gasteiger partial charge in [0.05, 0.1) is 37.3 Å². The summed E-state index contributed by atoms with van der Waals surface area (Å²) in [5, 5.41) is 12.6. The molecule has 0 amide bonds. The van der Waals surface area contributed by atoms with Gasteiger partial charge >= 0.3 is 0 Å². The Morgan fingerprint density at radius 3 is 2.94 bits per heavy atom. The van der Waals surface area contributed by atoms with Gasteiger partial charge in [-0.1, -0.05) is 0 Å². The van der Waals surface area contributed by atoms with Gasteiger partial charge in [0.25, 0.3) is 7.41 Å². The minimum Gasteiger partial charge on any atom is -0.497 e. The number of carbonyl (C=O) groups excluding carboxylic acids is 1. The number of nitrogens with one attached hydrogen (secondary N) is 2. The molecule has 0 spiro atoms. The van der Waals surface area contributed by atoms with Gasteiger partial charge in [0.2, 0.25) is 0 Å². The van der Waals surface area contributed by atoms with Crippen molar-refractivity contribution in [2.45, 2.75) is 44.3 Å². The van der Waals surface area contributed by atoms with Crippen molar-refractivity contribution in [2.24, 2.45) is 0 Å². The number of rotatable bonds is 9. The molecule has 1 aliphatic carbocycles. The van der Waals surface area contributed by atoms with Crippen molar-refractivity contribution >= 4 is 52.9 Å². The highest BCUT2D eigenvalue weighted by Gasteiger charge is 2.26. The molecular formula is C22H26BIN5O3. The third-order valence-corrected chi connectivity index (χ3v) is 6.67. The number of fused-ring (bicyclic) bond motifs is 1. The second-order valence-corrected chi connectivity index (χ2v) is 8.83. The number of ether oxygens (including phenoxy) is 2. The average molecular weight is 546 g/mol. The molecule has 1 radical (unpaired) electrons. The van der Waals surface area contributed by atoms with Crippen LogP contribution in [-0.4, -0.2) is 48.6 Å². The molecule has 0 aliphatic heterocycles. The van der Waals surface area contributed by atoms with E-state index in [-0.39, 0.29) is 12.1 Å². The monoisotopic (exact) mass is 546 g/mol. The molecule has 1 aliphatic rings. The van der Waals surface area contributed by atoms with Crippen LogP contribution in [0.3, 0.4) is 0 Å². The fourth-order valence-electron chi connectivity index (χ4n) is 4.35. The second-order valence-electron chi connectivity index (χ2n) is 7.81. The van der Waals surface area contributed by atoms with Gasteiger partial charge in [-0.2, -0.15) is 5.10 Å². The van der Waals surface area contributed by atoms with E-state index >= 15 is 0 Å². The fraction of sp³-hybridized carbons (Fsp3) is 0.409. The number of hydrogen-bond acceptors (Lipinski definition) is 7. The molecule has 1 aromatic carbocycles. The average Bonchev–Trinajstić information content (AvgIpc) is 3.18. The first-order chi connectivity index (χ1) is 15.6. The summed E-state index contributed by atoms with van der Waals surface area (Å²) in [5.41, 5.74) is 2.08. The molecule has 1 saturated carbocycles. The third kappa shape index (κ3) is 4.85. The van der Waals surface area contributed by atoms with E-state index < -0.39 is 0 Å². The van der Waals surface area contributed by atoms with Crippen LogP contribution in [0.1, 0.15) is 37.3 Å². The largest absolute Gasteiger partial charge is 0.497 e. The number of carbonyl (C=O) groups is 1. The van der Waals surface area contributed by atoms with Gasteiger partial charge in [-0.3, -0.25) is 4.68 Å². The zero-order valence-corrected chi connectivity index (χ0v) is 20.3. The highest BCUT2D eigenvalue weighted by molar-refractivity contribution is 14.1. The van der Waals surface area contributed by atoms with E-state index in [9.17, 15) is 4.79 Å². The van der Waals surface area contributed by atoms with E-state index in [0.717, 1.165) is 69.4 Å². The lowest BCUT2D eigenvalue weighted by Crippen LogP contribution is -2.38. The van der Waals surface area contributed by atoms with Crippen LogP contribution in [0.2, 0.25) is 0 Å². The highest BCUT2D eigenvalue weighted by atomic mass is 127. The van der Waals surface area contributed by atoms with Crippen molar-refractivity contribution in [3.05, 3.63) is 39.7 Å². The standard InChI is InChI=1S/C22H26BIN5O3/c1-31-17-7-6-14(19(11-17)32-2)12-26-22-20-18(8-9-25-22)29(28-21(20)24)16-5-3-4-15(10-16)27-23-13-30/h6-9,11,13,15-16,27H,3-5,10,12H2,1-2H3,(H,25,26)/t15-,16-/m1/s1. The first-order valence-electron chi connectivity index (χ1n) is 10.6. The Morgan fingerprint density at radius 1 is 1.28 bits per heavy atom. The molecule has 0 unspecified atom stereocenters. The van der Waals surface area contributed by atoms with Crippen LogP contribution in [0.25, 0.3) is 10.9 Å². The molecule has 2 heterocycles. The van der Waals surface area contributed by atoms with Gasteiger partial charge in [-0.15, -0.1) is 0 Å². The molecule has 32 heavy (non-hydrogen) atoms. The maximum absolute atomic E-state index is 10.7. The van der Waals surface area contributed by atoms with Crippen LogP contribution < -0.4 is 20.0 Å². The first kappa shape index (κ1) is 22.8. The summed E-state index contributed by atoms with van der Waals surface area (Å²) in [6.45, 7) is 0.567. The highest BCUT2D eigenvalue weighted by Crippen LogP contribution is 2.34. The van der Waals surface area contributed by atoms with Gasteiger partial charge < -0.3 is 24.8 Å². The number of hydrogen-bond donors (Lipinski definition) is 2. The quantitative estimate of drug-likeness (QED) is 0.241. The zero-order chi connectivity index (χ0) is 22.5. The topological polar surface area (TPSA) is 90.3 Å². The van der Waals surface area contributed by atoms with Crippen molar-refractivity contribution in [3.8, 4) is 11.5 Å². The Labute approximate surface area is 201 Å². The molecule has 167 valence electrons. The number of nitrogens with zero attached hydrogens (tertiary/aromatic N) is 3. The van der Waals surface area contributed by atoms with Crippen molar-refractivity contribution in [3.63, 3.8) is 0 Å². The minimum absolute atomic E-state index is 0.282. The molecule has 2 atom stereocenters. The number of methoxy groups -OCH3 is 2. The Bertz CT molecular complexity index is 1090. The van der Waals surface area contributed by atoms with E-state index in [0.29, 0.717) is 6.54 Å². The summed E-state index contributed by atoms with van der Waals surface area (Å²) >= 11 is 2.29. The Morgan fingerprint density at radius 2 is 2.16 bits per heavy atom. The summed E-state index contributed by atoms with van der Waals surface area (Å²) in [6.07, 6.45) is 6.79. The molecule has 0 saturated heterocycles. The number of pyridine rings is 1. The predicted octanol–water partition coefficient (Wildman–Crippen LogP) is 3.55. The van der Waals surface area contributed by atoms with Gasteiger partial charge in [0.1, 0.15) is 21.0 Å². The lowest BCUT2D eigenvalue weighted by molar-refractivity contribution is 0.295. The number of benzene rings is 1. The maximum Gasteiger partial charge on any atom is 0.290 e. The maximum atomic E-state index is 10.7. The van der Waals surface area contributed by atoms with Crippen LogP contribution in [-0.2, 0) is 11.3 Å². The van der Waals surface area contributed by atoms with Crippen LogP contribution >= 0.6 is 22.6 Å². The lowest BCUT2D eigenvalue weighted by Gasteiger charge is -2.30. The number of halogens is 1. The minimum atomic E-state index is 0.282. The summed E-state index contributed by atoms with van der Waals surface area (Å²) in [5.74, 6) is 2.32. The van der Waals surface area contributed by atoms with E-state index in [1.807, 2.05) is 30.5 Å². The number of anilines is 1. The van der Waals surface area contributed by atoms with Gasteiger partial charge in [0.15, 0.2) is 0 Å². The molecule has 8 nitrogen and oxygen atoms in total. The molecule has 2 N–H and O–H groups in total. The predicted molar refractivity (Wildman–Crippen MR) is 134 cm³/mol. The number of aromatic nitrogens is 3. The molecule has 4 rings (SSSR count). The first-order valence-corrected chi connectivity index (χ1v) is 11.7. The van der Waals surface area contributed by atoms with E-state index in [1.165, 1.54) is 7.41 Å². The zero-order valence-electron chi connectivity index (χ0n) is 18.2. The molecule has 10 heteroatoms. The smallest absolute Gasteiger partial charge is 0.290 e. The van der Waals surface area contributed by atoms with Crippen molar-refractivity contribution in [2.75, 3.05) is 19.5 Å². The third-order valence-electron chi connectivity index (χ3n) is 5.91. The van der Waals surface area contributed by atoms with E-state index in [4.69, 9.17) is 14.6 Å². The van der Waals surface area contributed by atoms with Crippen molar-refractivity contribution < 1.29 is 14.3 Å². The molecular weight excluding hydrogens is 520 g/mol. The Kier molecular flexibility index (Phi) is 7.51. The van der Waals surface area contributed by atoms with Crippen LogP contribution in [0.15, 0.2) is 30.5 Å². The van der Waals surface area contributed by atoms with Gasteiger partial charge in [-0.25, -0.2) is 4.98 Å². The van der Waals surface area contributed by atoms with Crippen molar-refractivity contribution in [1.82, 2.24) is 20.0 Å². The fourth-order valence-corrected chi connectivity index (χ4v) is 5.11. The lowest BCUT2D eigenvalue weighted by atomic mass is 9.86. The van der Waals surface area contributed by atoms with Crippen LogP contribution in [0, 0.1) is 3.70 Å². The normalized spacial score (nSPS) is 18.3. The van der Waals surface area contributed by atoms with E-state index in [2.05, 4.69) is 42.8 Å². The van der Waals surface area contributed by atoms with E-state index in [1.54, 1.807) is 14.2 Å². The van der Waals surface area contributed by atoms with Crippen LogP contribution in [0.4, 0.5) is 5.82 Å². The van der Waals surface area contributed by atoms with Crippen molar-refractivity contribution in [1.29, 1.82) is 0 Å². The van der Waals surface area contributed by atoms with Gasteiger partial charge in [0, 0.05) is 24.4 Å². The summed E-state index contributed by atoms with van der Waals surface area (Å²) in [4.78, 5) is 15.3. The molecule has 3 aromatic rings. The molecule has 2 aromatic heterocycles.